The Morgan fingerprint density at radius 3 is 2.62 bits per heavy atom. The lowest BCUT2D eigenvalue weighted by atomic mass is 10.2. The molecule has 0 aromatic rings. The fourth-order valence-electron chi connectivity index (χ4n) is 1.38. The summed E-state index contributed by atoms with van der Waals surface area (Å²) in [4.78, 5) is 22.5. The van der Waals surface area contributed by atoms with Crippen LogP contribution in [0.1, 0.15) is 6.42 Å². The molecule has 1 heterocycles. The minimum atomic E-state index is -1.22. The second-order valence-corrected chi connectivity index (χ2v) is 2.86. The van der Waals surface area contributed by atoms with Crippen LogP contribution in [0.3, 0.4) is 0 Å². The fourth-order valence-corrected chi connectivity index (χ4v) is 1.38. The van der Waals surface area contributed by atoms with Crippen LogP contribution in [-0.4, -0.2) is 53.0 Å². The van der Waals surface area contributed by atoms with E-state index in [2.05, 4.69) is 4.74 Å². The number of hydrogen-bond acceptors (Lipinski definition) is 4. The lowest BCUT2D eigenvalue weighted by Gasteiger charge is -2.18. The lowest BCUT2D eigenvalue weighted by molar-refractivity contribution is -0.145. The number of aliphatic hydroxyl groups excluding tert-OH is 1. The number of nitrogens with zero attached hydrogens (tertiary/aromatic N) is 1. The molecule has 1 aliphatic rings. The molecule has 0 aromatic carbocycles. The van der Waals surface area contributed by atoms with Gasteiger partial charge in [0.25, 0.3) is 0 Å². The standard InChI is InChI=1S/C7H11NO5/c1-13-6(10)5-2-4(9)3-8(5)7(11)12/h4-5,9H,2-3H2,1H3,(H,11,12). The van der Waals surface area contributed by atoms with Gasteiger partial charge in [-0.2, -0.15) is 0 Å². The number of hydrogen-bond donors (Lipinski definition) is 2. The van der Waals surface area contributed by atoms with E-state index < -0.39 is 24.2 Å². The lowest BCUT2D eigenvalue weighted by Crippen LogP contribution is -2.40. The molecule has 0 aliphatic carbocycles. The van der Waals surface area contributed by atoms with Crippen LogP contribution in [0, 0.1) is 0 Å². The Hall–Kier alpha value is -1.30. The number of ether oxygens (including phenoxy) is 1. The Morgan fingerprint density at radius 1 is 1.54 bits per heavy atom. The highest BCUT2D eigenvalue weighted by Crippen LogP contribution is 2.18. The van der Waals surface area contributed by atoms with E-state index in [1.54, 1.807) is 0 Å². The van der Waals surface area contributed by atoms with Crippen molar-refractivity contribution in [3.63, 3.8) is 0 Å². The van der Waals surface area contributed by atoms with E-state index in [0.29, 0.717) is 0 Å². The zero-order valence-electron chi connectivity index (χ0n) is 7.14. The first-order chi connectivity index (χ1) is 6.06. The smallest absolute Gasteiger partial charge is 0.408 e. The molecule has 2 N–H and O–H groups in total. The van der Waals surface area contributed by atoms with E-state index in [-0.39, 0.29) is 13.0 Å². The van der Waals surface area contributed by atoms with Gasteiger partial charge >= 0.3 is 12.1 Å². The molecule has 0 aromatic heterocycles. The minimum absolute atomic E-state index is 0.0326. The number of aliphatic hydroxyl groups is 1. The average Bonchev–Trinajstić information content (AvgIpc) is 2.46. The van der Waals surface area contributed by atoms with Crippen LogP contribution in [0.5, 0.6) is 0 Å². The quantitative estimate of drug-likeness (QED) is 0.531. The summed E-state index contributed by atoms with van der Waals surface area (Å²) in [6.45, 7) is -0.0326. The van der Waals surface area contributed by atoms with Gasteiger partial charge in [-0.05, 0) is 0 Å². The van der Waals surface area contributed by atoms with Crippen molar-refractivity contribution in [1.29, 1.82) is 0 Å². The van der Waals surface area contributed by atoms with Crippen LogP contribution in [0.2, 0.25) is 0 Å². The minimum Gasteiger partial charge on any atom is -0.467 e. The maximum atomic E-state index is 11.0. The number of β-amino-alcohol motifs (C(OH)–C–C–N with tert-alkyl or cyclic N) is 1. The first-order valence-corrected chi connectivity index (χ1v) is 3.81. The normalized spacial score (nSPS) is 27.4. The number of carbonyl (C=O) groups excluding carboxylic acids is 1. The molecule has 1 rings (SSSR count). The second kappa shape index (κ2) is 3.61. The van der Waals surface area contributed by atoms with Crippen molar-refractivity contribution in [2.24, 2.45) is 0 Å². The van der Waals surface area contributed by atoms with Gasteiger partial charge in [0.15, 0.2) is 0 Å². The first-order valence-electron chi connectivity index (χ1n) is 3.81. The number of rotatable bonds is 1. The number of amides is 1. The van der Waals surface area contributed by atoms with E-state index in [4.69, 9.17) is 10.2 Å². The Labute approximate surface area is 74.7 Å². The van der Waals surface area contributed by atoms with Gasteiger partial charge < -0.3 is 14.9 Å². The Morgan fingerprint density at radius 2 is 2.15 bits per heavy atom. The number of esters is 1. The molecule has 0 bridgehead atoms. The third-order valence-corrected chi connectivity index (χ3v) is 2.00. The third kappa shape index (κ3) is 1.89. The van der Waals surface area contributed by atoms with Crippen LogP contribution in [0.25, 0.3) is 0 Å². The summed E-state index contributed by atoms with van der Waals surface area (Å²) in [6.07, 6.45) is -1.88. The average molecular weight is 189 g/mol. The SMILES string of the molecule is COC(=O)C1CC(O)CN1C(=O)O. The van der Waals surface area contributed by atoms with Crippen LogP contribution in [0.15, 0.2) is 0 Å². The number of carbonyl (C=O) groups is 2. The van der Waals surface area contributed by atoms with E-state index in [9.17, 15) is 9.59 Å². The topological polar surface area (TPSA) is 87.1 Å². The first kappa shape index (κ1) is 9.79. The molecule has 6 nitrogen and oxygen atoms in total. The van der Waals surface area contributed by atoms with Gasteiger partial charge in [0.2, 0.25) is 0 Å². The van der Waals surface area contributed by atoms with Crippen LogP contribution >= 0.6 is 0 Å². The second-order valence-electron chi connectivity index (χ2n) is 2.86. The predicted molar refractivity (Wildman–Crippen MR) is 41.2 cm³/mol. The summed E-state index contributed by atoms with van der Waals surface area (Å²) in [5.74, 6) is -0.626. The molecule has 0 spiro atoms. The third-order valence-electron chi connectivity index (χ3n) is 2.00. The van der Waals surface area contributed by atoms with Crippen LogP contribution < -0.4 is 0 Å². The Kier molecular flexibility index (Phi) is 2.72. The molecular formula is C7H11NO5. The number of likely N-dealkylation sites (tertiary alicyclic amines) is 1. The number of carboxylic acid groups (broad SMARTS) is 1. The maximum absolute atomic E-state index is 11.0. The van der Waals surface area contributed by atoms with Crippen molar-refractivity contribution in [2.45, 2.75) is 18.6 Å². The van der Waals surface area contributed by atoms with Gasteiger partial charge in [0.1, 0.15) is 6.04 Å². The summed E-state index contributed by atoms with van der Waals surface area (Å²) in [5.41, 5.74) is 0. The van der Waals surface area contributed by atoms with Crippen molar-refractivity contribution < 1.29 is 24.5 Å². The molecule has 74 valence electrons. The highest BCUT2D eigenvalue weighted by molar-refractivity contribution is 5.81. The van der Waals surface area contributed by atoms with E-state index >= 15 is 0 Å². The molecule has 0 radical (unpaired) electrons. The summed E-state index contributed by atoms with van der Waals surface area (Å²) < 4.78 is 4.41. The van der Waals surface area contributed by atoms with Crippen molar-refractivity contribution in [2.75, 3.05) is 13.7 Å². The summed E-state index contributed by atoms with van der Waals surface area (Å²) in [5, 5.41) is 17.8. The fraction of sp³-hybridized carbons (Fsp3) is 0.714. The van der Waals surface area contributed by atoms with Crippen LogP contribution in [-0.2, 0) is 9.53 Å². The molecule has 2 atom stereocenters. The Bertz CT molecular complexity index is 229. The Balaban J connectivity index is 2.71. The highest BCUT2D eigenvalue weighted by Gasteiger charge is 2.39. The van der Waals surface area contributed by atoms with Crippen LogP contribution in [0.4, 0.5) is 4.79 Å². The molecule has 1 saturated heterocycles. The van der Waals surface area contributed by atoms with Gasteiger partial charge in [-0.3, -0.25) is 4.90 Å². The van der Waals surface area contributed by atoms with E-state index in [0.717, 1.165) is 4.90 Å². The molecule has 1 amide bonds. The van der Waals surface area contributed by atoms with Crippen molar-refractivity contribution >= 4 is 12.1 Å². The largest absolute Gasteiger partial charge is 0.467 e. The van der Waals surface area contributed by atoms with Crippen molar-refractivity contribution in [3.8, 4) is 0 Å². The van der Waals surface area contributed by atoms with Gasteiger partial charge in [0, 0.05) is 6.42 Å². The van der Waals surface area contributed by atoms with Gasteiger partial charge in [-0.25, -0.2) is 9.59 Å². The molecule has 2 unspecified atom stereocenters. The molecule has 0 saturated carbocycles. The molecule has 6 heteroatoms. The van der Waals surface area contributed by atoms with Crippen molar-refractivity contribution in [3.05, 3.63) is 0 Å². The highest BCUT2D eigenvalue weighted by atomic mass is 16.5. The summed E-state index contributed by atoms with van der Waals surface area (Å²) in [7, 11) is 1.19. The molecular weight excluding hydrogens is 178 g/mol. The van der Waals surface area contributed by atoms with E-state index in [1.807, 2.05) is 0 Å². The van der Waals surface area contributed by atoms with Gasteiger partial charge in [-0.1, -0.05) is 0 Å². The summed E-state index contributed by atoms with van der Waals surface area (Å²) >= 11 is 0. The van der Waals surface area contributed by atoms with E-state index in [1.165, 1.54) is 7.11 Å². The summed E-state index contributed by atoms with van der Waals surface area (Å²) in [6, 6.07) is -0.863. The zero-order valence-corrected chi connectivity index (χ0v) is 7.14. The maximum Gasteiger partial charge on any atom is 0.408 e. The molecule has 1 aliphatic heterocycles. The molecule has 1 fully saturated rings. The zero-order chi connectivity index (χ0) is 10.0. The predicted octanol–water partition coefficient (Wildman–Crippen LogP) is -0.727. The van der Waals surface area contributed by atoms with Crippen molar-refractivity contribution in [1.82, 2.24) is 4.90 Å². The van der Waals surface area contributed by atoms with Gasteiger partial charge in [-0.15, -0.1) is 0 Å². The monoisotopic (exact) mass is 189 g/mol. The van der Waals surface area contributed by atoms with Gasteiger partial charge in [0.05, 0.1) is 19.8 Å². The molecule has 13 heavy (non-hydrogen) atoms. The number of methoxy groups -OCH3 is 1.